The number of hydrogen-bond acceptors (Lipinski definition) is 2. The van der Waals surface area contributed by atoms with E-state index < -0.39 is 29.9 Å². The minimum Gasteiger partial charge on any atom is -0.478 e. The summed E-state index contributed by atoms with van der Waals surface area (Å²) in [5, 5.41) is 11.2. The molecule has 0 aliphatic carbocycles. The van der Waals surface area contributed by atoms with E-state index in [4.69, 9.17) is 5.11 Å². The van der Waals surface area contributed by atoms with E-state index in [1.807, 2.05) is 0 Å². The van der Waals surface area contributed by atoms with Gasteiger partial charge in [-0.25, -0.2) is 4.79 Å². The Morgan fingerprint density at radius 1 is 1.24 bits per heavy atom. The van der Waals surface area contributed by atoms with Crippen molar-refractivity contribution < 1.29 is 27.9 Å². The number of amides is 1. The van der Waals surface area contributed by atoms with Crippen LogP contribution >= 0.6 is 0 Å². The minimum absolute atomic E-state index is 0.0728. The maximum Gasteiger partial charge on any atom is 0.394 e. The van der Waals surface area contributed by atoms with E-state index in [1.165, 1.54) is 18.2 Å². The summed E-state index contributed by atoms with van der Waals surface area (Å²) in [5.74, 6) is -1.89. The maximum absolute atomic E-state index is 12.7. The molecule has 0 heterocycles. The average Bonchev–Trinajstić information content (AvgIpc) is 2.25. The lowest BCUT2D eigenvalue weighted by Crippen LogP contribution is -2.35. The molecule has 7 heteroatoms. The molecule has 0 unspecified atom stereocenters. The fourth-order valence-corrected chi connectivity index (χ4v) is 1.69. The number of hydrogen-bond donors (Lipinski definition) is 2. The van der Waals surface area contributed by atoms with Crippen molar-refractivity contribution in [3.8, 4) is 0 Å². The molecule has 1 rings (SSSR count). The first-order valence-electron chi connectivity index (χ1n) is 6.14. The number of aromatic carboxylic acids is 1. The van der Waals surface area contributed by atoms with Crippen molar-refractivity contribution in [1.29, 1.82) is 0 Å². The summed E-state index contributed by atoms with van der Waals surface area (Å²) in [6.45, 7) is 3.44. The molecule has 4 nitrogen and oxygen atoms in total. The number of benzene rings is 1. The smallest absolute Gasteiger partial charge is 0.394 e. The second-order valence-corrected chi connectivity index (χ2v) is 5.44. The van der Waals surface area contributed by atoms with Crippen molar-refractivity contribution in [2.24, 2.45) is 5.41 Å². The van der Waals surface area contributed by atoms with E-state index in [1.54, 1.807) is 6.92 Å². The molecule has 1 amide bonds. The molecule has 0 bridgehead atoms. The Morgan fingerprint density at radius 2 is 1.81 bits per heavy atom. The SMILES string of the molecule is Cc1cc(NC(=O)CC(C)(C)C(F)(F)F)ccc1C(=O)O. The summed E-state index contributed by atoms with van der Waals surface area (Å²) in [6.07, 6.45) is -5.19. The lowest BCUT2D eigenvalue weighted by molar-refractivity contribution is -0.213. The van der Waals surface area contributed by atoms with E-state index in [2.05, 4.69) is 5.32 Å². The third-order valence-corrected chi connectivity index (χ3v) is 3.11. The molecule has 116 valence electrons. The van der Waals surface area contributed by atoms with Crippen molar-refractivity contribution in [1.82, 2.24) is 0 Å². The molecule has 0 spiro atoms. The Hall–Kier alpha value is -2.05. The first-order valence-corrected chi connectivity index (χ1v) is 6.14. The van der Waals surface area contributed by atoms with Gasteiger partial charge in [-0.15, -0.1) is 0 Å². The highest BCUT2D eigenvalue weighted by atomic mass is 19.4. The van der Waals surface area contributed by atoms with E-state index in [0.717, 1.165) is 13.8 Å². The number of carbonyl (C=O) groups is 2. The number of anilines is 1. The summed E-state index contributed by atoms with van der Waals surface area (Å²) in [7, 11) is 0. The lowest BCUT2D eigenvalue weighted by atomic mass is 9.88. The van der Waals surface area contributed by atoms with Crippen LogP contribution in [-0.2, 0) is 4.79 Å². The summed E-state index contributed by atoms with van der Waals surface area (Å²) in [5.41, 5.74) is -1.38. The van der Waals surface area contributed by atoms with Gasteiger partial charge in [0.2, 0.25) is 5.91 Å². The monoisotopic (exact) mass is 303 g/mol. The molecule has 0 saturated carbocycles. The van der Waals surface area contributed by atoms with Crippen LogP contribution in [0.3, 0.4) is 0 Å². The molecule has 0 fully saturated rings. The fraction of sp³-hybridized carbons (Fsp3) is 0.429. The van der Waals surface area contributed by atoms with E-state index >= 15 is 0 Å². The van der Waals surface area contributed by atoms with Crippen molar-refractivity contribution in [2.45, 2.75) is 33.4 Å². The first kappa shape index (κ1) is 17.0. The van der Waals surface area contributed by atoms with Crippen LogP contribution in [0.15, 0.2) is 18.2 Å². The molecule has 2 N–H and O–H groups in total. The highest BCUT2D eigenvalue weighted by Gasteiger charge is 2.48. The standard InChI is InChI=1S/C14H16F3NO3/c1-8-6-9(4-5-10(8)12(20)21)18-11(19)7-13(2,3)14(15,16)17/h4-6H,7H2,1-3H3,(H,18,19)(H,20,21). The van der Waals surface area contributed by atoms with Gasteiger partial charge in [0.05, 0.1) is 11.0 Å². The third kappa shape index (κ3) is 4.21. The summed E-state index contributed by atoms with van der Waals surface area (Å²) in [4.78, 5) is 22.5. The Labute approximate surface area is 120 Å². The van der Waals surface area contributed by atoms with Gasteiger partial charge >= 0.3 is 12.1 Å². The maximum atomic E-state index is 12.7. The second kappa shape index (κ2) is 5.75. The Bertz CT molecular complexity index is 565. The van der Waals surface area contributed by atoms with E-state index in [0.29, 0.717) is 5.56 Å². The van der Waals surface area contributed by atoms with Crippen LogP contribution in [0.25, 0.3) is 0 Å². The molecule has 0 aliphatic heterocycles. The molecule has 0 radical (unpaired) electrons. The summed E-state index contributed by atoms with van der Waals surface area (Å²) < 4.78 is 38.1. The van der Waals surface area contributed by atoms with Gasteiger partial charge < -0.3 is 10.4 Å². The molecular weight excluding hydrogens is 287 g/mol. The molecule has 1 aromatic rings. The number of carbonyl (C=O) groups excluding carboxylic acids is 1. The summed E-state index contributed by atoms with van der Waals surface area (Å²) in [6, 6.07) is 4.04. The number of halogens is 3. The van der Waals surface area contributed by atoms with Gasteiger partial charge in [0, 0.05) is 12.1 Å². The van der Waals surface area contributed by atoms with Crippen LogP contribution in [0.1, 0.15) is 36.2 Å². The average molecular weight is 303 g/mol. The Balaban J connectivity index is 2.81. The van der Waals surface area contributed by atoms with Gasteiger partial charge in [0.15, 0.2) is 0 Å². The van der Waals surface area contributed by atoms with Crippen molar-refractivity contribution in [2.75, 3.05) is 5.32 Å². The van der Waals surface area contributed by atoms with Crippen LogP contribution in [0.5, 0.6) is 0 Å². The van der Waals surface area contributed by atoms with Gasteiger partial charge in [-0.2, -0.15) is 13.2 Å². The van der Waals surface area contributed by atoms with Gasteiger partial charge in [-0.3, -0.25) is 4.79 Å². The minimum atomic E-state index is -4.48. The molecule has 0 atom stereocenters. The number of rotatable bonds is 4. The van der Waals surface area contributed by atoms with Crippen molar-refractivity contribution in [3.05, 3.63) is 29.3 Å². The first-order chi connectivity index (χ1) is 9.44. The molecule has 1 aromatic carbocycles. The lowest BCUT2D eigenvalue weighted by Gasteiger charge is -2.26. The van der Waals surface area contributed by atoms with E-state index in [-0.39, 0.29) is 11.3 Å². The highest BCUT2D eigenvalue weighted by Crippen LogP contribution is 2.40. The largest absolute Gasteiger partial charge is 0.478 e. The third-order valence-electron chi connectivity index (χ3n) is 3.11. The van der Waals surface area contributed by atoms with E-state index in [9.17, 15) is 22.8 Å². The molecule has 0 aromatic heterocycles. The number of carboxylic acids is 1. The fourth-order valence-electron chi connectivity index (χ4n) is 1.69. The Kier molecular flexibility index (Phi) is 4.65. The highest BCUT2D eigenvalue weighted by molar-refractivity contribution is 5.93. The zero-order valence-corrected chi connectivity index (χ0v) is 11.8. The van der Waals surface area contributed by atoms with Crippen LogP contribution in [0.4, 0.5) is 18.9 Å². The predicted molar refractivity (Wildman–Crippen MR) is 71.2 cm³/mol. The van der Waals surface area contributed by atoms with Crippen LogP contribution in [-0.4, -0.2) is 23.2 Å². The molecule has 0 saturated heterocycles. The topological polar surface area (TPSA) is 66.4 Å². The summed E-state index contributed by atoms with van der Waals surface area (Å²) >= 11 is 0. The quantitative estimate of drug-likeness (QED) is 0.893. The van der Waals surface area contributed by atoms with Gasteiger partial charge in [0.25, 0.3) is 0 Å². The van der Waals surface area contributed by atoms with Crippen molar-refractivity contribution in [3.63, 3.8) is 0 Å². The zero-order valence-electron chi connectivity index (χ0n) is 11.8. The Morgan fingerprint density at radius 3 is 2.24 bits per heavy atom. The number of aryl methyl sites for hydroxylation is 1. The molecule has 21 heavy (non-hydrogen) atoms. The number of carboxylic acid groups (broad SMARTS) is 1. The zero-order chi connectivity index (χ0) is 16.4. The number of nitrogens with one attached hydrogen (secondary N) is 1. The van der Waals surface area contributed by atoms with Gasteiger partial charge in [-0.05, 0) is 30.7 Å². The van der Waals surface area contributed by atoms with Crippen molar-refractivity contribution >= 4 is 17.6 Å². The second-order valence-electron chi connectivity index (χ2n) is 5.44. The van der Waals surface area contributed by atoms with Crippen LogP contribution < -0.4 is 5.32 Å². The normalized spacial score (nSPS) is 12.1. The molecule has 0 aliphatic rings. The molecular formula is C14H16F3NO3. The van der Waals surface area contributed by atoms with Gasteiger partial charge in [-0.1, -0.05) is 13.8 Å². The predicted octanol–water partition coefficient (Wildman–Crippen LogP) is 3.61. The van der Waals surface area contributed by atoms with Gasteiger partial charge in [0.1, 0.15) is 0 Å². The van der Waals surface area contributed by atoms with Crippen LogP contribution in [0.2, 0.25) is 0 Å². The number of alkyl halides is 3. The van der Waals surface area contributed by atoms with Crippen LogP contribution in [0, 0.1) is 12.3 Å².